The maximum atomic E-state index is 12.7. The molecule has 0 spiro atoms. The van der Waals surface area contributed by atoms with E-state index in [2.05, 4.69) is 35.8 Å². The van der Waals surface area contributed by atoms with Crippen LogP contribution in [0.15, 0.2) is 41.8 Å². The van der Waals surface area contributed by atoms with Crippen LogP contribution in [0.4, 0.5) is 10.5 Å². The van der Waals surface area contributed by atoms with E-state index >= 15 is 0 Å². The third-order valence-corrected chi connectivity index (χ3v) is 7.93. The molecule has 3 fully saturated rings. The molecule has 1 N–H and O–H groups in total. The van der Waals surface area contributed by atoms with Gasteiger partial charge in [-0.1, -0.05) is 37.6 Å². The number of halogens is 1. The number of hydrogen-bond acceptors (Lipinski definition) is 3. The zero-order chi connectivity index (χ0) is 20.8. The zero-order valence-corrected chi connectivity index (χ0v) is 20.9. The molecule has 3 aliphatic heterocycles. The molecule has 6 heteroatoms. The van der Waals surface area contributed by atoms with E-state index in [0.29, 0.717) is 5.92 Å². The van der Waals surface area contributed by atoms with Crippen LogP contribution in [0.1, 0.15) is 49.5 Å². The van der Waals surface area contributed by atoms with Crippen LogP contribution in [0.2, 0.25) is 0 Å². The smallest absolute Gasteiger partial charge is 0.412 e. The molecule has 1 atom stereocenters. The average Bonchev–Trinajstić information content (AvgIpc) is 3.27. The molecule has 170 valence electrons. The molecule has 1 aromatic carbocycles. The number of nitrogens with one attached hydrogen (secondary N) is 1. The van der Waals surface area contributed by atoms with Crippen LogP contribution in [0.3, 0.4) is 0 Å². The molecular formula is C25H35BrN2O2S. The SMILES string of the molecule is CCCCc1ccccc1NC(=O)O[C@H]1C[N+]2(CCCc3cccs3)CCC1CC2.[Br-]. The van der Waals surface area contributed by atoms with Crippen molar-refractivity contribution in [1.82, 2.24) is 0 Å². The maximum Gasteiger partial charge on any atom is 0.412 e. The Morgan fingerprint density at radius 3 is 2.68 bits per heavy atom. The van der Waals surface area contributed by atoms with E-state index in [9.17, 15) is 4.79 Å². The number of quaternary nitrogens is 1. The number of para-hydroxylation sites is 1. The first-order chi connectivity index (χ1) is 14.7. The summed E-state index contributed by atoms with van der Waals surface area (Å²) >= 11 is 1.86. The highest BCUT2D eigenvalue weighted by atomic mass is 79.9. The fourth-order valence-electron chi connectivity index (χ4n) is 5.22. The Labute approximate surface area is 201 Å². The van der Waals surface area contributed by atoms with Crippen molar-refractivity contribution >= 4 is 23.1 Å². The molecule has 0 aliphatic carbocycles. The van der Waals surface area contributed by atoms with E-state index < -0.39 is 0 Å². The number of hydrogen-bond donors (Lipinski definition) is 1. The van der Waals surface area contributed by atoms with Crippen molar-refractivity contribution in [2.45, 2.75) is 58.0 Å². The highest BCUT2D eigenvalue weighted by Crippen LogP contribution is 2.36. The van der Waals surface area contributed by atoms with Crippen molar-refractivity contribution < 1.29 is 31.0 Å². The highest BCUT2D eigenvalue weighted by Gasteiger charge is 2.47. The number of nitrogens with zero attached hydrogens (tertiary/aromatic N) is 1. The fraction of sp³-hybridized carbons (Fsp3) is 0.560. The molecule has 0 radical (unpaired) electrons. The monoisotopic (exact) mass is 506 g/mol. The molecule has 3 aliphatic rings. The lowest BCUT2D eigenvalue weighted by molar-refractivity contribution is -0.946. The number of piperidine rings is 3. The van der Waals surface area contributed by atoms with E-state index in [-0.39, 0.29) is 29.2 Å². The Kier molecular flexibility index (Phi) is 8.99. The molecule has 1 amide bonds. The predicted molar refractivity (Wildman–Crippen MR) is 124 cm³/mol. The van der Waals surface area contributed by atoms with Crippen LogP contribution in [-0.4, -0.2) is 42.9 Å². The zero-order valence-electron chi connectivity index (χ0n) is 18.5. The normalized spacial score (nSPS) is 24.4. The van der Waals surface area contributed by atoms with Crippen molar-refractivity contribution in [2.24, 2.45) is 5.92 Å². The number of benzene rings is 1. The Hall–Kier alpha value is -1.37. The van der Waals surface area contributed by atoms with Gasteiger partial charge in [0.2, 0.25) is 0 Å². The molecule has 2 aromatic rings. The van der Waals surface area contributed by atoms with Crippen LogP contribution >= 0.6 is 11.3 Å². The minimum atomic E-state index is -0.283. The average molecular weight is 508 g/mol. The number of anilines is 1. The molecule has 3 saturated heterocycles. The molecule has 0 unspecified atom stereocenters. The van der Waals surface area contributed by atoms with E-state index in [4.69, 9.17) is 4.74 Å². The van der Waals surface area contributed by atoms with Crippen molar-refractivity contribution in [2.75, 3.05) is 31.5 Å². The summed E-state index contributed by atoms with van der Waals surface area (Å²) < 4.78 is 7.13. The molecule has 4 nitrogen and oxygen atoms in total. The van der Waals surface area contributed by atoms with Crippen molar-refractivity contribution in [1.29, 1.82) is 0 Å². The summed E-state index contributed by atoms with van der Waals surface area (Å²) in [7, 11) is 0. The molecular weight excluding hydrogens is 472 g/mol. The van der Waals surface area contributed by atoms with Gasteiger partial charge in [-0.15, -0.1) is 11.3 Å². The van der Waals surface area contributed by atoms with E-state index in [1.54, 1.807) is 0 Å². The number of fused-ring (bicyclic) bond motifs is 3. The molecule has 4 heterocycles. The van der Waals surface area contributed by atoms with Crippen LogP contribution in [0, 0.1) is 5.92 Å². The van der Waals surface area contributed by atoms with Gasteiger partial charge in [0.25, 0.3) is 0 Å². The van der Waals surface area contributed by atoms with Crippen LogP contribution in [0.5, 0.6) is 0 Å². The lowest BCUT2D eigenvalue weighted by atomic mass is 9.83. The lowest BCUT2D eigenvalue weighted by Gasteiger charge is -2.52. The molecule has 2 bridgehead atoms. The van der Waals surface area contributed by atoms with Crippen LogP contribution in [-0.2, 0) is 17.6 Å². The molecule has 0 saturated carbocycles. The standard InChI is InChI=1S/C25H34N2O2S.BrH/c1-2-3-8-20-9-4-5-12-23(20)26-25(28)29-24-19-27(16-13-21(24)14-17-27)15-6-10-22-11-7-18-30-22;/h4-5,7,9,11-12,18,21,24H,2-3,6,8,10,13-17,19H2,1H3;1H/t21?,24-,27?;/m0./s1. The quantitative estimate of drug-likeness (QED) is 0.531. The Morgan fingerprint density at radius 1 is 1.13 bits per heavy atom. The van der Waals surface area contributed by atoms with Gasteiger partial charge >= 0.3 is 6.09 Å². The van der Waals surface area contributed by atoms with Crippen LogP contribution in [0.25, 0.3) is 0 Å². The van der Waals surface area contributed by atoms with Gasteiger partial charge in [0, 0.05) is 35.7 Å². The predicted octanol–water partition coefficient (Wildman–Crippen LogP) is 2.89. The largest absolute Gasteiger partial charge is 1.00 e. The van der Waals surface area contributed by atoms with Crippen molar-refractivity contribution in [3.05, 3.63) is 52.2 Å². The Balaban J connectivity index is 0.00000272. The van der Waals surface area contributed by atoms with E-state index in [1.807, 2.05) is 29.5 Å². The molecule has 5 rings (SSSR count). The fourth-order valence-corrected chi connectivity index (χ4v) is 5.97. The van der Waals surface area contributed by atoms with Crippen molar-refractivity contribution in [3.8, 4) is 0 Å². The van der Waals surface area contributed by atoms with E-state index in [0.717, 1.165) is 36.0 Å². The van der Waals surface area contributed by atoms with Gasteiger partial charge in [0.15, 0.2) is 6.10 Å². The second-order valence-electron chi connectivity index (χ2n) is 9.04. The second-order valence-corrected chi connectivity index (χ2v) is 10.1. The topological polar surface area (TPSA) is 38.3 Å². The third-order valence-electron chi connectivity index (χ3n) is 6.99. The number of amides is 1. The van der Waals surface area contributed by atoms with Gasteiger partial charge < -0.3 is 26.2 Å². The van der Waals surface area contributed by atoms with Crippen LogP contribution < -0.4 is 22.3 Å². The summed E-state index contributed by atoms with van der Waals surface area (Å²) in [4.78, 5) is 14.2. The summed E-state index contributed by atoms with van der Waals surface area (Å²) in [5.41, 5.74) is 2.10. The number of carbonyl (C=O) groups is 1. The highest BCUT2D eigenvalue weighted by molar-refractivity contribution is 7.09. The Morgan fingerprint density at radius 2 is 1.94 bits per heavy atom. The molecule has 31 heavy (non-hydrogen) atoms. The number of thiophene rings is 1. The maximum absolute atomic E-state index is 12.7. The van der Waals surface area contributed by atoms with Gasteiger partial charge in [-0.3, -0.25) is 5.32 Å². The first kappa shape index (κ1) is 24.3. The molecule has 1 aromatic heterocycles. The van der Waals surface area contributed by atoms with Gasteiger partial charge in [0.1, 0.15) is 6.54 Å². The first-order valence-corrected chi connectivity index (χ1v) is 12.5. The summed E-state index contributed by atoms with van der Waals surface area (Å²) in [6.07, 6.45) is 7.79. The Bertz CT molecular complexity index is 819. The first-order valence-electron chi connectivity index (χ1n) is 11.6. The van der Waals surface area contributed by atoms with Crippen molar-refractivity contribution in [3.63, 3.8) is 0 Å². The number of carbonyl (C=O) groups excluding carboxylic acids is 1. The minimum Gasteiger partial charge on any atom is -1.00 e. The summed E-state index contributed by atoms with van der Waals surface area (Å²) in [5.74, 6) is 0.531. The third kappa shape index (κ3) is 6.33. The van der Waals surface area contributed by atoms with Gasteiger partial charge in [-0.2, -0.15) is 0 Å². The second kappa shape index (κ2) is 11.5. The number of aryl methyl sites for hydroxylation is 2. The summed E-state index contributed by atoms with van der Waals surface area (Å²) in [6.45, 7) is 6.87. The summed E-state index contributed by atoms with van der Waals surface area (Å²) in [6, 6.07) is 12.5. The van der Waals surface area contributed by atoms with E-state index in [1.165, 1.54) is 55.8 Å². The number of ether oxygens (including phenoxy) is 1. The van der Waals surface area contributed by atoms with Gasteiger partial charge in [-0.05, 0) is 42.3 Å². The summed E-state index contributed by atoms with van der Waals surface area (Å²) in [5, 5.41) is 5.20. The number of unbranched alkanes of at least 4 members (excludes halogenated alkanes) is 1. The van der Waals surface area contributed by atoms with Gasteiger partial charge in [0.05, 0.1) is 19.6 Å². The minimum absolute atomic E-state index is 0. The van der Waals surface area contributed by atoms with Gasteiger partial charge in [-0.25, -0.2) is 4.79 Å². The lowest BCUT2D eigenvalue weighted by Crippen LogP contribution is -3.00. The number of rotatable bonds is 9.